The van der Waals surface area contributed by atoms with E-state index in [2.05, 4.69) is 10.2 Å². The van der Waals surface area contributed by atoms with Gasteiger partial charge in [0.05, 0.1) is 0 Å². The maximum atomic E-state index is 14.1. The number of allylic oxidation sites excluding steroid dienone is 1. The van der Waals surface area contributed by atoms with Crippen LogP contribution in [0.25, 0.3) is 0 Å². The van der Waals surface area contributed by atoms with E-state index in [1.54, 1.807) is 0 Å². The van der Waals surface area contributed by atoms with Gasteiger partial charge < -0.3 is 10.2 Å². The molecular formula is C28H30F4N4O3. The number of carbonyl (C=O) groups is 3. The zero-order chi connectivity index (χ0) is 28.3. The first-order valence-corrected chi connectivity index (χ1v) is 12.8. The van der Waals surface area contributed by atoms with Gasteiger partial charge in [0.15, 0.2) is 23.2 Å². The normalized spacial score (nSPS) is 18.8. The van der Waals surface area contributed by atoms with E-state index < -0.39 is 35.3 Å². The number of nitrogens with zero attached hydrogens (tertiary/aromatic N) is 3. The molecule has 1 N–H and O–H groups in total. The third-order valence-corrected chi connectivity index (χ3v) is 7.31. The second kappa shape index (κ2) is 12.0. The van der Waals surface area contributed by atoms with Crippen LogP contribution >= 0.6 is 0 Å². The molecule has 2 aliphatic rings. The first kappa shape index (κ1) is 28.3. The van der Waals surface area contributed by atoms with Gasteiger partial charge in [-0.3, -0.25) is 14.6 Å². The minimum Gasteiger partial charge on any atom is -0.310 e. The van der Waals surface area contributed by atoms with Crippen molar-refractivity contribution < 1.29 is 31.9 Å². The van der Waals surface area contributed by atoms with Gasteiger partial charge in [0.25, 0.3) is 0 Å². The summed E-state index contributed by atoms with van der Waals surface area (Å²) < 4.78 is 55.2. The van der Waals surface area contributed by atoms with E-state index >= 15 is 0 Å². The lowest BCUT2D eigenvalue weighted by Gasteiger charge is -2.42. The van der Waals surface area contributed by atoms with Gasteiger partial charge in [-0.2, -0.15) is 0 Å². The highest BCUT2D eigenvalue weighted by molar-refractivity contribution is 5.98. The summed E-state index contributed by atoms with van der Waals surface area (Å²) in [6, 6.07) is 5.88. The Morgan fingerprint density at radius 1 is 1.05 bits per heavy atom. The maximum absolute atomic E-state index is 14.1. The molecule has 0 bridgehead atoms. The molecule has 0 aromatic heterocycles. The number of ketones is 1. The molecule has 0 radical (unpaired) electrons. The highest BCUT2D eigenvalue weighted by Gasteiger charge is 2.40. The molecule has 0 spiro atoms. The Kier molecular flexibility index (Phi) is 8.69. The summed E-state index contributed by atoms with van der Waals surface area (Å²) >= 11 is 0. The molecule has 3 amide bonds. The van der Waals surface area contributed by atoms with Crippen LogP contribution in [-0.2, 0) is 9.59 Å². The van der Waals surface area contributed by atoms with Crippen LogP contribution in [0.4, 0.5) is 22.4 Å². The lowest BCUT2D eigenvalue weighted by molar-refractivity contribution is -0.134. The molecule has 4 rings (SSSR count). The molecule has 7 nitrogen and oxygen atoms in total. The number of rotatable bonds is 9. The zero-order valence-corrected chi connectivity index (χ0v) is 21.7. The number of piperidine rings is 1. The number of amides is 3. The third-order valence-electron chi connectivity index (χ3n) is 7.31. The SMILES string of the molecule is CC(=O)C1=C(C)NC(=O)N(N(C=O)CCCN2CCC(c3ccc(F)cc3)CC2)C1c1cc(F)c(F)c(F)c1. The van der Waals surface area contributed by atoms with Gasteiger partial charge in [0.2, 0.25) is 6.41 Å². The molecule has 2 aliphatic heterocycles. The van der Waals surface area contributed by atoms with Crippen LogP contribution in [0.15, 0.2) is 47.7 Å². The number of hydrogen-bond acceptors (Lipinski definition) is 4. The van der Waals surface area contributed by atoms with Gasteiger partial charge in [-0.1, -0.05) is 12.1 Å². The van der Waals surface area contributed by atoms with Crippen molar-refractivity contribution >= 4 is 18.2 Å². The molecule has 2 aromatic rings. The van der Waals surface area contributed by atoms with Crippen LogP contribution in [0.1, 0.15) is 56.2 Å². The molecule has 208 valence electrons. The van der Waals surface area contributed by atoms with E-state index in [-0.39, 0.29) is 29.2 Å². The summed E-state index contributed by atoms with van der Waals surface area (Å²) in [5.41, 5.74) is 1.12. The van der Waals surface area contributed by atoms with Crippen molar-refractivity contribution in [2.75, 3.05) is 26.2 Å². The third kappa shape index (κ3) is 6.13. The Balaban J connectivity index is 1.47. The molecule has 0 aliphatic carbocycles. The van der Waals surface area contributed by atoms with Gasteiger partial charge in [-0.15, -0.1) is 0 Å². The number of hydrazine groups is 1. The number of benzene rings is 2. The number of nitrogens with one attached hydrogen (secondary N) is 1. The minimum atomic E-state index is -1.67. The fourth-order valence-electron chi connectivity index (χ4n) is 5.38. The maximum Gasteiger partial charge on any atom is 0.341 e. The summed E-state index contributed by atoms with van der Waals surface area (Å²) in [5, 5.41) is 4.55. The molecule has 11 heteroatoms. The zero-order valence-electron chi connectivity index (χ0n) is 21.7. The topological polar surface area (TPSA) is 73.0 Å². The summed E-state index contributed by atoms with van der Waals surface area (Å²) in [4.78, 5) is 39.9. The van der Waals surface area contributed by atoms with Crippen molar-refractivity contribution in [2.45, 2.75) is 45.1 Å². The molecule has 1 fully saturated rings. The van der Waals surface area contributed by atoms with E-state index in [4.69, 9.17) is 0 Å². The fraction of sp³-hybridized carbons (Fsp3) is 0.393. The van der Waals surface area contributed by atoms with Crippen LogP contribution in [0.2, 0.25) is 0 Å². The van der Waals surface area contributed by atoms with E-state index in [9.17, 15) is 31.9 Å². The van der Waals surface area contributed by atoms with Crippen molar-refractivity contribution in [3.63, 3.8) is 0 Å². The van der Waals surface area contributed by atoms with Gasteiger partial charge in [-0.05, 0) is 94.1 Å². The minimum absolute atomic E-state index is 0.0229. The Hall–Kier alpha value is -3.73. The predicted octanol–water partition coefficient (Wildman–Crippen LogP) is 4.82. The van der Waals surface area contributed by atoms with Gasteiger partial charge in [0.1, 0.15) is 11.9 Å². The average molecular weight is 547 g/mol. The number of halogens is 4. The lowest BCUT2D eigenvalue weighted by atomic mass is 9.89. The summed E-state index contributed by atoms with van der Waals surface area (Å²) in [6.07, 6.45) is 2.68. The molecule has 1 atom stereocenters. The van der Waals surface area contributed by atoms with Crippen LogP contribution in [-0.4, -0.2) is 59.3 Å². The predicted molar refractivity (Wildman–Crippen MR) is 135 cm³/mol. The number of likely N-dealkylation sites (tertiary alicyclic amines) is 1. The fourth-order valence-corrected chi connectivity index (χ4v) is 5.38. The van der Waals surface area contributed by atoms with Crippen LogP contribution in [0, 0.1) is 23.3 Å². The van der Waals surface area contributed by atoms with Crippen LogP contribution in [0.5, 0.6) is 0 Å². The smallest absolute Gasteiger partial charge is 0.310 e. The van der Waals surface area contributed by atoms with Gasteiger partial charge in [-0.25, -0.2) is 27.4 Å². The average Bonchev–Trinajstić information content (AvgIpc) is 2.90. The number of Topliss-reactive ketones (excluding diaryl/α,β-unsaturated/α-hetero) is 1. The monoisotopic (exact) mass is 546 g/mol. The quantitative estimate of drug-likeness (QED) is 0.278. The van der Waals surface area contributed by atoms with Crippen molar-refractivity contribution in [1.29, 1.82) is 0 Å². The number of hydrogen-bond donors (Lipinski definition) is 1. The second-order valence-corrected chi connectivity index (χ2v) is 9.86. The molecule has 0 saturated carbocycles. The Labute approximate surface area is 224 Å². The van der Waals surface area contributed by atoms with Crippen LogP contribution < -0.4 is 5.32 Å². The molecule has 2 aromatic carbocycles. The standard InChI is InChI=1S/C28H30F4N4O3/c1-17-25(18(2)38)27(21-14-23(30)26(32)24(31)15-21)36(28(39)33-17)35(16-37)11-3-10-34-12-8-20(9-13-34)19-4-6-22(29)7-5-19/h4-7,14-16,20,27H,3,8-13H2,1-2H3,(H,33,39). The van der Waals surface area contributed by atoms with E-state index in [1.165, 1.54) is 26.0 Å². The summed E-state index contributed by atoms with van der Waals surface area (Å²) in [7, 11) is 0. The molecule has 39 heavy (non-hydrogen) atoms. The van der Waals surface area contributed by atoms with E-state index in [0.717, 1.165) is 53.6 Å². The first-order chi connectivity index (χ1) is 18.6. The highest BCUT2D eigenvalue weighted by Crippen LogP contribution is 2.36. The molecule has 1 saturated heterocycles. The Morgan fingerprint density at radius 3 is 2.23 bits per heavy atom. The van der Waals surface area contributed by atoms with Gasteiger partial charge in [0, 0.05) is 17.8 Å². The first-order valence-electron chi connectivity index (χ1n) is 12.8. The van der Waals surface area contributed by atoms with E-state index in [1.807, 2.05) is 12.1 Å². The van der Waals surface area contributed by atoms with Crippen LogP contribution in [0.3, 0.4) is 0 Å². The molecular weight excluding hydrogens is 516 g/mol. The van der Waals surface area contributed by atoms with Crippen molar-refractivity contribution in [2.24, 2.45) is 0 Å². The van der Waals surface area contributed by atoms with Crippen molar-refractivity contribution in [3.8, 4) is 0 Å². The summed E-state index contributed by atoms with van der Waals surface area (Å²) in [5.74, 6) is -5.04. The van der Waals surface area contributed by atoms with Gasteiger partial charge >= 0.3 is 6.03 Å². The van der Waals surface area contributed by atoms with E-state index in [0.29, 0.717) is 25.3 Å². The lowest BCUT2D eigenvalue weighted by Crippen LogP contribution is -2.56. The molecule has 1 unspecified atom stereocenters. The Morgan fingerprint density at radius 2 is 1.67 bits per heavy atom. The van der Waals surface area contributed by atoms with Crippen molar-refractivity contribution in [1.82, 2.24) is 20.2 Å². The number of carbonyl (C=O) groups excluding carboxylic acids is 3. The number of urea groups is 1. The Bertz CT molecular complexity index is 1250. The van der Waals surface area contributed by atoms with Crippen molar-refractivity contribution in [3.05, 3.63) is 82.1 Å². The largest absolute Gasteiger partial charge is 0.341 e. The highest BCUT2D eigenvalue weighted by atomic mass is 19.2. The molecule has 2 heterocycles. The second-order valence-electron chi connectivity index (χ2n) is 9.86. The summed E-state index contributed by atoms with van der Waals surface area (Å²) in [6.45, 7) is 5.02.